The molecule has 2 aliphatic rings. The Labute approximate surface area is 85.4 Å². The Hall–Kier alpha value is -0.570. The van der Waals surface area contributed by atoms with Gasteiger partial charge in [0.1, 0.15) is 6.04 Å². The van der Waals surface area contributed by atoms with Crippen molar-refractivity contribution in [2.75, 3.05) is 14.2 Å². The molecule has 0 N–H and O–H groups in total. The predicted octanol–water partition coefficient (Wildman–Crippen LogP) is 1.42. The van der Waals surface area contributed by atoms with Crippen LogP contribution in [0.3, 0.4) is 0 Å². The lowest BCUT2D eigenvalue weighted by Crippen LogP contribution is -2.39. The second-order valence-electron chi connectivity index (χ2n) is 4.55. The zero-order chi connectivity index (χ0) is 10.1. The molecule has 0 amide bonds. The highest BCUT2D eigenvalue weighted by Crippen LogP contribution is 2.38. The highest BCUT2D eigenvalue weighted by atomic mass is 16.5. The lowest BCUT2D eigenvalue weighted by molar-refractivity contribution is -0.145. The van der Waals surface area contributed by atoms with Gasteiger partial charge in [-0.2, -0.15) is 0 Å². The molecule has 0 bridgehead atoms. The molecule has 1 heterocycles. The minimum Gasteiger partial charge on any atom is -0.468 e. The molecule has 0 aromatic carbocycles. The number of carbonyl (C=O) groups is 1. The minimum atomic E-state index is -0.0538. The van der Waals surface area contributed by atoms with Crippen LogP contribution in [0.5, 0.6) is 0 Å². The SMILES string of the molecule is COC(=O)C1CC2CCCCC2N1C. The standard InChI is InChI=1S/C11H19NO2/c1-12-9-6-4-3-5-8(9)7-10(12)11(13)14-2/h8-10H,3-7H2,1-2H3. The number of likely N-dealkylation sites (tertiary alicyclic amines) is 1. The van der Waals surface area contributed by atoms with Crippen LogP contribution in [-0.2, 0) is 9.53 Å². The summed E-state index contributed by atoms with van der Waals surface area (Å²) >= 11 is 0. The second kappa shape index (κ2) is 3.89. The van der Waals surface area contributed by atoms with Crippen molar-refractivity contribution in [3.05, 3.63) is 0 Å². The normalized spacial score (nSPS) is 38.0. The summed E-state index contributed by atoms with van der Waals surface area (Å²) in [6, 6.07) is 0.654. The highest BCUT2D eigenvalue weighted by molar-refractivity contribution is 5.76. The molecule has 1 saturated carbocycles. The summed E-state index contributed by atoms with van der Waals surface area (Å²) < 4.78 is 4.83. The summed E-state index contributed by atoms with van der Waals surface area (Å²) in [6.45, 7) is 0. The van der Waals surface area contributed by atoms with Crippen LogP contribution in [0.15, 0.2) is 0 Å². The van der Waals surface area contributed by atoms with E-state index in [1.807, 2.05) is 0 Å². The van der Waals surface area contributed by atoms with E-state index in [2.05, 4.69) is 11.9 Å². The van der Waals surface area contributed by atoms with Crippen LogP contribution < -0.4 is 0 Å². The number of nitrogens with zero attached hydrogens (tertiary/aromatic N) is 1. The summed E-state index contributed by atoms with van der Waals surface area (Å²) in [4.78, 5) is 13.7. The largest absolute Gasteiger partial charge is 0.468 e. The first-order valence-corrected chi connectivity index (χ1v) is 5.54. The van der Waals surface area contributed by atoms with Gasteiger partial charge < -0.3 is 4.74 Å². The van der Waals surface area contributed by atoms with Gasteiger partial charge in [-0.15, -0.1) is 0 Å². The summed E-state index contributed by atoms with van der Waals surface area (Å²) in [6.07, 6.45) is 6.22. The van der Waals surface area contributed by atoms with Gasteiger partial charge in [-0.25, -0.2) is 0 Å². The minimum absolute atomic E-state index is 0.0214. The van der Waals surface area contributed by atoms with Crippen LogP contribution in [0.2, 0.25) is 0 Å². The zero-order valence-electron chi connectivity index (χ0n) is 9.03. The van der Waals surface area contributed by atoms with Crippen LogP contribution >= 0.6 is 0 Å². The first-order valence-electron chi connectivity index (χ1n) is 5.54. The van der Waals surface area contributed by atoms with E-state index in [0.29, 0.717) is 6.04 Å². The quantitative estimate of drug-likeness (QED) is 0.595. The Morgan fingerprint density at radius 2 is 2.07 bits per heavy atom. The monoisotopic (exact) mass is 197 g/mol. The van der Waals surface area contributed by atoms with Crippen molar-refractivity contribution in [2.24, 2.45) is 5.92 Å². The number of rotatable bonds is 1. The van der Waals surface area contributed by atoms with Crippen LogP contribution in [-0.4, -0.2) is 37.1 Å². The molecular formula is C11H19NO2. The number of hydrogen-bond acceptors (Lipinski definition) is 3. The average Bonchev–Trinajstić information content (AvgIpc) is 2.56. The summed E-state index contributed by atoms with van der Waals surface area (Å²) in [5.41, 5.74) is 0. The number of hydrogen-bond donors (Lipinski definition) is 0. The zero-order valence-corrected chi connectivity index (χ0v) is 9.03. The van der Waals surface area contributed by atoms with Crippen molar-refractivity contribution < 1.29 is 9.53 Å². The van der Waals surface area contributed by atoms with Crippen LogP contribution in [0.25, 0.3) is 0 Å². The van der Waals surface area contributed by atoms with Crippen LogP contribution in [0, 0.1) is 5.92 Å². The van der Waals surface area contributed by atoms with Gasteiger partial charge in [-0.1, -0.05) is 12.8 Å². The third-order valence-corrected chi connectivity index (χ3v) is 3.88. The van der Waals surface area contributed by atoms with Crippen molar-refractivity contribution in [1.82, 2.24) is 4.90 Å². The third kappa shape index (κ3) is 1.54. The molecule has 3 unspecified atom stereocenters. The van der Waals surface area contributed by atoms with Gasteiger partial charge in [-0.3, -0.25) is 9.69 Å². The molecule has 1 aliphatic carbocycles. The van der Waals surface area contributed by atoms with Gasteiger partial charge >= 0.3 is 5.97 Å². The van der Waals surface area contributed by atoms with E-state index in [1.54, 1.807) is 0 Å². The molecule has 1 saturated heterocycles. The van der Waals surface area contributed by atoms with Crippen LogP contribution in [0.1, 0.15) is 32.1 Å². The first kappa shape index (κ1) is 9.97. The molecule has 3 nitrogen and oxygen atoms in total. The maximum atomic E-state index is 11.5. The highest BCUT2D eigenvalue weighted by Gasteiger charge is 2.43. The predicted molar refractivity (Wildman–Crippen MR) is 53.9 cm³/mol. The first-order chi connectivity index (χ1) is 6.74. The fraction of sp³-hybridized carbons (Fsp3) is 0.909. The van der Waals surface area contributed by atoms with E-state index in [1.165, 1.54) is 32.8 Å². The van der Waals surface area contributed by atoms with Crippen LogP contribution in [0.4, 0.5) is 0 Å². The van der Waals surface area contributed by atoms with Gasteiger partial charge in [0.05, 0.1) is 7.11 Å². The number of likely N-dealkylation sites (N-methyl/N-ethyl adjacent to an activating group) is 1. The van der Waals surface area contributed by atoms with E-state index in [9.17, 15) is 4.79 Å². The summed E-state index contributed by atoms with van der Waals surface area (Å²) in [7, 11) is 3.55. The smallest absolute Gasteiger partial charge is 0.323 e. The molecule has 2 rings (SSSR count). The van der Waals surface area contributed by atoms with E-state index >= 15 is 0 Å². The molecule has 0 aromatic rings. The Bertz CT molecular complexity index is 229. The van der Waals surface area contributed by atoms with E-state index in [4.69, 9.17) is 4.74 Å². The van der Waals surface area contributed by atoms with Crippen molar-refractivity contribution in [3.63, 3.8) is 0 Å². The van der Waals surface area contributed by atoms with Gasteiger partial charge in [0, 0.05) is 6.04 Å². The number of esters is 1. The lowest BCUT2D eigenvalue weighted by Gasteiger charge is -2.30. The van der Waals surface area contributed by atoms with Gasteiger partial charge in [0.15, 0.2) is 0 Å². The van der Waals surface area contributed by atoms with Crippen molar-refractivity contribution in [1.29, 1.82) is 0 Å². The Morgan fingerprint density at radius 1 is 1.36 bits per heavy atom. The molecule has 3 atom stereocenters. The van der Waals surface area contributed by atoms with E-state index < -0.39 is 0 Å². The maximum Gasteiger partial charge on any atom is 0.323 e. The van der Waals surface area contributed by atoms with Gasteiger partial charge in [0.25, 0.3) is 0 Å². The van der Waals surface area contributed by atoms with E-state index in [-0.39, 0.29) is 12.0 Å². The van der Waals surface area contributed by atoms with Crippen molar-refractivity contribution in [3.8, 4) is 0 Å². The van der Waals surface area contributed by atoms with Crippen molar-refractivity contribution >= 4 is 5.97 Å². The number of methoxy groups -OCH3 is 1. The number of carbonyl (C=O) groups excluding carboxylic acids is 1. The molecule has 80 valence electrons. The maximum absolute atomic E-state index is 11.5. The fourth-order valence-corrected chi connectivity index (χ4v) is 3.08. The third-order valence-electron chi connectivity index (χ3n) is 3.88. The molecule has 14 heavy (non-hydrogen) atoms. The van der Waals surface area contributed by atoms with Gasteiger partial charge in [-0.05, 0) is 32.2 Å². The summed E-state index contributed by atoms with van der Waals surface area (Å²) in [5, 5.41) is 0. The Morgan fingerprint density at radius 3 is 2.71 bits per heavy atom. The molecule has 0 aromatic heterocycles. The van der Waals surface area contributed by atoms with Crippen molar-refractivity contribution in [2.45, 2.75) is 44.2 Å². The number of fused-ring (bicyclic) bond motifs is 1. The topological polar surface area (TPSA) is 29.5 Å². The Balaban J connectivity index is 2.06. The summed E-state index contributed by atoms with van der Waals surface area (Å²) in [5.74, 6) is 0.680. The van der Waals surface area contributed by atoms with E-state index in [0.717, 1.165) is 12.3 Å². The molecule has 0 spiro atoms. The second-order valence-corrected chi connectivity index (χ2v) is 4.55. The fourth-order valence-electron chi connectivity index (χ4n) is 3.08. The molecule has 2 fully saturated rings. The molecular weight excluding hydrogens is 178 g/mol. The average molecular weight is 197 g/mol. The molecule has 1 aliphatic heterocycles. The van der Waals surface area contributed by atoms with Gasteiger partial charge in [0.2, 0.25) is 0 Å². The lowest BCUT2D eigenvalue weighted by atomic mass is 9.85. The Kier molecular flexibility index (Phi) is 2.77. The number of ether oxygens (including phenoxy) is 1. The molecule has 0 radical (unpaired) electrons. The molecule has 3 heteroatoms.